The summed E-state index contributed by atoms with van der Waals surface area (Å²) in [5.74, 6) is 0. The molecule has 0 saturated heterocycles. The van der Waals surface area contributed by atoms with Gasteiger partial charge in [0.2, 0.25) is 0 Å². The van der Waals surface area contributed by atoms with Gasteiger partial charge in [-0.1, -0.05) is 109 Å². The summed E-state index contributed by atoms with van der Waals surface area (Å²) in [4.78, 5) is 4.49. The number of halogens is 1. The van der Waals surface area contributed by atoms with Gasteiger partial charge in [0.25, 0.3) is 0 Å². The first-order chi connectivity index (χ1) is 11.8. The van der Waals surface area contributed by atoms with E-state index in [2.05, 4.69) is 35.3 Å². The van der Waals surface area contributed by atoms with Crippen LogP contribution in [0.3, 0.4) is 0 Å². The highest BCUT2D eigenvalue weighted by Gasteiger charge is 2.04. The molecule has 1 nitrogen and oxygen atoms in total. The zero-order valence-corrected chi connectivity index (χ0v) is 14.0. The molecular weight excluding hydrogens is 314 g/mol. The minimum absolute atomic E-state index is 0.535. The minimum Gasteiger partial charge on any atom is -0.268 e. The van der Waals surface area contributed by atoms with Gasteiger partial charge in [0.1, 0.15) is 5.17 Å². The summed E-state index contributed by atoms with van der Waals surface area (Å²) in [6.07, 6.45) is 2.12. The lowest BCUT2D eigenvalue weighted by Crippen LogP contribution is -1.93. The average Bonchev–Trinajstić information content (AvgIpc) is 2.67. The first-order valence-electron chi connectivity index (χ1n) is 7.91. The maximum Gasteiger partial charge on any atom is 0.131 e. The molecule has 0 aliphatic carbocycles. The summed E-state index contributed by atoms with van der Waals surface area (Å²) in [7, 11) is 0. The SMILES string of the molecule is ClC(=NCC=C(c1ccccc1)c1ccccc1)c1ccccc1. The van der Waals surface area contributed by atoms with Crippen LogP contribution >= 0.6 is 11.6 Å². The fourth-order valence-corrected chi connectivity index (χ4v) is 2.72. The van der Waals surface area contributed by atoms with E-state index < -0.39 is 0 Å². The van der Waals surface area contributed by atoms with E-state index in [-0.39, 0.29) is 0 Å². The van der Waals surface area contributed by atoms with Gasteiger partial charge in [-0.25, -0.2) is 0 Å². The normalized spacial score (nSPS) is 11.1. The number of benzene rings is 3. The van der Waals surface area contributed by atoms with Crippen molar-refractivity contribution in [2.45, 2.75) is 0 Å². The quantitative estimate of drug-likeness (QED) is 0.523. The van der Waals surface area contributed by atoms with Crippen molar-refractivity contribution in [2.75, 3.05) is 6.54 Å². The van der Waals surface area contributed by atoms with Crippen molar-refractivity contribution < 1.29 is 0 Å². The first kappa shape index (κ1) is 16.2. The van der Waals surface area contributed by atoms with Crippen molar-refractivity contribution >= 4 is 22.3 Å². The van der Waals surface area contributed by atoms with E-state index in [4.69, 9.17) is 11.6 Å². The van der Waals surface area contributed by atoms with E-state index in [9.17, 15) is 0 Å². The maximum atomic E-state index is 6.30. The van der Waals surface area contributed by atoms with Crippen LogP contribution in [0.15, 0.2) is 102 Å². The summed E-state index contributed by atoms with van der Waals surface area (Å²) < 4.78 is 0. The third kappa shape index (κ3) is 4.21. The third-order valence-electron chi connectivity index (χ3n) is 3.71. The van der Waals surface area contributed by atoms with Gasteiger partial charge < -0.3 is 0 Å². The Bertz CT molecular complexity index is 780. The topological polar surface area (TPSA) is 12.4 Å². The molecule has 0 spiro atoms. The van der Waals surface area contributed by atoms with E-state index in [1.54, 1.807) is 0 Å². The molecule has 0 unspecified atom stereocenters. The van der Waals surface area contributed by atoms with Crippen molar-refractivity contribution in [2.24, 2.45) is 4.99 Å². The fraction of sp³-hybridized carbons (Fsp3) is 0.0455. The number of hydrogen-bond acceptors (Lipinski definition) is 1. The van der Waals surface area contributed by atoms with Crippen LogP contribution in [0.5, 0.6) is 0 Å². The zero-order valence-electron chi connectivity index (χ0n) is 13.3. The Morgan fingerprint density at radius 1 is 0.667 bits per heavy atom. The molecule has 3 aromatic carbocycles. The molecule has 0 atom stereocenters. The molecule has 2 heteroatoms. The smallest absolute Gasteiger partial charge is 0.131 e. The van der Waals surface area contributed by atoms with Crippen LogP contribution in [-0.2, 0) is 0 Å². The van der Waals surface area contributed by atoms with Crippen LogP contribution in [0.1, 0.15) is 16.7 Å². The van der Waals surface area contributed by atoms with E-state index in [0.29, 0.717) is 11.7 Å². The van der Waals surface area contributed by atoms with Crippen LogP contribution in [0, 0.1) is 0 Å². The molecular formula is C22H18ClN. The summed E-state index contributed by atoms with van der Waals surface area (Å²) >= 11 is 6.30. The lowest BCUT2D eigenvalue weighted by atomic mass is 9.98. The summed E-state index contributed by atoms with van der Waals surface area (Å²) in [5, 5.41) is 0.535. The summed E-state index contributed by atoms with van der Waals surface area (Å²) in [5.41, 5.74) is 4.45. The van der Waals surface area contributed by atoms with Crippen LogP contribution < -0.4 is 0 Å². The third-order valence-corrected chi connectivity index (χ3v) is 4.04. The highest BCUT2D eigenvalue weighted by Crippen LogP contribution is 2.23. The van der Waals surface area contributed by atoms with Gasteiger partial charge in [0, 0.05) is 5.56 Å². The molecule has 0 aliphatic rings. The fourth-order valence-electron chi connectivity index (χ4n) is 2.52. The Balaban J connectivity index is 1.88. The highest BCUT2D eigenvalue weighted by atomic mass is 35.5. The second kappa shape index (κ2) is 8.28. The zero-order chi connectivity index (χ0) is 16.6. The Morgan fingerprint density at radius 3 is 1.54 bits per heavy atom. The monoisotopic (exact) mass is 331 g/mol. The Morgan fingerprint density at radius 2 is 1.08 bits per heavy atom. The lowest BCUT2D eigenvalue weighted by molar-refractivity contribution is 1.25. The summed E-state index contributed by atoms with van der Waals surface area (Å²) in [6.45, 7) is 0.535. The van der Waals surface area contributed by atoms with Gasteiger partial charge in [-0.3, -0.25) is 4.99 Å². The van der Waals surface area contributed by atoms with E-state index in [1.807, 2.05) is 66.7 Å². The van der Waals surface area contributed by atoms with Gasteiger partial charge in [-0.05, 0) is 16.7 Å². The second-order valence-corrected chi connectivity index (χ2v) is 5.71. The molecule has 0 aromatic heterocycles. The highest BCUT2D eigenvalue weighted by molar-refractivity contribution is 6.69. The molecule has 0 amide bonds. The van der Waals surface area contributed by atoms with Crippen molar-refractivity contribution in [3.05, 3.63) is 114 Å². The maximum absolute atomic E-state index is 6.30. The number of hydrogen-bond donors (Lipinski definition) is 0. The molecule has 0 saturated carbocycles. The van der Waals surface area contributed by atoms with Crippen molar-refractivity contribution in [1.29, 1.82) is 0 Å². The number of nitrogens with zero attached hydrogens (tertiary/aromatic N) is 1. The molecule has 3 rings (SSSR count). The Kier molecular flexibility index (Phi) is 5.60. The predicted octanol–water partition coefficient (Wildman–Crippen LogP) is 5.80. The molecule has 3 aromatic rings. The lowest BCUT2D eigenvalue weighted by Gasteiger charge is -2.08. The largest absolute Gasteiger partial charge is 0.268 e. The van der Waals surface area contributed by atoms with Gasteiger partial charge in [-0.15, -0.1) is 0 Å². The standard InChI is InChI=1S/C22H18ClN/c23-22(20-14-8-3-9-15-20)24-17-16-21(18-10-4-1-5-11-18)19-12-6-2-7-13-19/h1-16H,17H2. The van der Waals surface area contributed by atoms with Crippen LogP contribution in [-0.4, -0.2) is 11.7 Å². The minimum atomic E-state index is 0.535. The molecule has 0 fully saturated rings. The van der Waals surface area contributed by atoms with Crippen LogP contribution in [0.4, 0.5) is 0 Å². The van der Waals surface area contributed by atoms with Crippen molar-refractivity contribution in [3.63, 3.8) is 0 Å². The molecule has 0 aliphatic heterocycles. The first-order valence-corrected chi connectivity index (χ1v) is 8.29. The summed E-state index contributed by atoms with van der Waals surface area (Å²) in [6, 6.07) is 30.5. The van der Waals surface area contributed by atoms with Gasteiger partial charge in [0.15, 0.2) is 0 Å². The van der Waals surface area contributed by atoms with E-state index >= 15 is 0 Å². The van der Waals surface area contributed by atoms with Crippen LogP contribution in [0.2, 0.25) is 0 Å². The molecule has 0 N–H and O–H groups in total. The molecule has 0 bridgehead atoms. The molecule has 0 heterocycles. The second-order valence-electron chi connectivity index (χ2n) is 5.35. The van der Waals surface area contributed by atoms with Gasteiger partial charge >= 0.3 is 0 Å². The number of rotatable bonds is 5. The molecule has 24 heavy (non-hydrogen) atoms. The Labute approximate surface area is 148 Å². The van der Waals surface area contributed by atoms with Gasteiger partial charge in [0.05, 0.1) is 6.54 Å². The number of aliphatic imine (C=N–C) groups is 1. The average molecular weight is 332 g/mol. The van der Waals surface area contributed by atoms with Crippen molar-refractivity contribution in [3.8, 4) is 0 Å². The molecule has 0 radical (unpaired) electrons. The molecule has 118 valence electrons. The van der Waals surface area contributed by atoms with Gasteiger partial charge in [-0.2, -0.15) is 0 Å². The van der Waals surface area contributed by atoms with Crippen LogP contribution in [0.25, 0.3) is 5.57 Å². The Hall–Kier alpha value is -2.64. The van der Waals surface area contributed by atoms with E-state index in [0.717, 1.165) is 11.1 Å². The predicted molar refractivity (Wildman–Crippen MR) is 104 cm³/mol. The van der Waals surface area contributed by atoms with E-state index in [1.165, 1.54) is 11.1 Å². The van der Waals surface area contributed by atoms with Crippen molar-refractivity contribution in [1.82, 2.24) is 0 Å².